The Morgan fingerprint density at radius 1 is 1.32 bits per heavy atom. The first kappa shape index (κ1) is 13.9. The second-order valence-corrected chi connectivity index (χ2v) is 5.59. The number of rotatable bonds is 5. The third-order valence-electron chi connectivity index (χ3n) is 3.46. The second-order valence-electron chi connectivity index (χ2n) is 5.59. The number of nitrogens with two attached hydrogens (primary N) is 1. The van der Waals surface area contributed by atoms with Gasteiger partial charge in [0.25, 0.3) is 0 Å². The van der Waals surface area contributed by atoms with Gasteiger partial charge in [-0.3, -0.25) is 0 Å². The normalized spacial score (nSPS) is 17.6. The molecule has 0 spiro atoms. The quantitative estimate of drug-likeness (QED) is 0.762. The lowest BCUT2D eigenvalue weighted by atomic mass is 10.1. The molecule has 4 heteroatoms. The van der Waals surface area contributed by atoms with Crippen molar-refractivity contribution >= 4 is 11.7 Å². The molecule has 0 heterocycles. The van der Waals surface area contributed by atoms with Crippen molar-refractivity contribution in [1.82, 2.24) is 5.32 Å². The van der Waals surface area contributed by atoms with E-state index in [-0.39, 0.29) is 18.1 Å². The first-order chi connectivity index (χ1) is 9.04. The maximum Gasteiger partial charge on any atom is 0.319 e. The smallest absolute Gasteiger partial charge is 0.319 e. The summed E-state index contributed by atoms with van der Waals surface area (Å²) >= 11 is 0. The maximum absolute atomic E-state index is 11.8. The Morgan fingerprint density at radius 3 is 2.47 bits per heavy atom. The van der Waals surface area contributed by atoms with E-state index in [0.717, 1.165) is 23.6 Å². The lowest BCUT2D eigenvalue weighted by Gasteiger charge is -2.14. The fourth-order valence-corrected chi connectivity index (χ4v) is 2.17. The minimum absolute atomic E-state index is 0.0152. The van der Waals surface area contributed by atoms with E-state index in [1.54, 1.807) is 0 Å². The van der Waals surface area contributed by atoms with Gasteiger partial charge in [0.1, 0.15) is 0 Å². The summed E-state index contributed by atoms with van der Waals surface area (Å²) in [4.78, 5) is 11.8. The van der Waals surface area contributed by atoms with Crippen molar-refractivity contribution < 1.29 is 4.79 Å². The molecule has 1 aromatic carbocycles. The molecule has 1 fully saturated rings. The SMILES string of the molecule is CC(CC1CC1)NC(=O)Nc1ccc(C(C)N)cc1. The summed E-state index contributed by atoms with van der Waals surface area (Å²) in [5.41, 5.74) is 7.64. The van der Waals surface area contributed by atoms with Crippen LogP contribution in [0.4, 0.5) is 10.5 Å². The van der Waals surface area contributed by atoms with Gasteiger partial charge in [-0.1, -0.05) is 25.0 Å². The molecule has 2 rings (SSSR count). The summed E-state index contributed by atoms with van der Waals surface area (Å²) in [6.07, 6.45) is 3.70. The van der Waals surface area contributed by atoms with Crippen LogP contribution in [0, 0.1) is 5.92 Å². The summed E-state index contributed by atoms with van der Waals surface area (Å²) < 4.78 is 0. The lowest BCUT2D eigenvalue weighted by Crippen LogP contribution is -2.36. The van der Waals surface area contributed by atoms with Gasteiger partial charge in [-0.05, 0) is 43.9 Å². The van der Waals surface area contributed by atoms with E-state index < -0.39 is 0 Å². The average Bonchev–Trinajstić information content (AvgIpc) is 3.13. The molecule has 2 amide bonds. The second kappa shape index (κ2) is 6.06. The van der Waals surface area contributed by atoms with Crippen LogP contribution in [0.2, 0.25) is 0 Å². The molecule has 1 aromatic rings. The number of urea groups is 1. The van der Waals surface area contributed by atoms with Gasteiger partial charge in [0.05, 0.1) is 0 Å². The fraction of sp³-hybridized carbons (Fsp3) is 0.533. The maximum atomic E-state index is 11.8. The van der Waals surface area contributed by atoms with Crippen LogP contribution in [0.1, 0.15) is 44.7 Å². The minimum Gasteiger partial charge on any atom is -0.335 e. The molecule has 19 heavy (non-hydrogen) atoms. The Kier molecular flexibility index (Phi) is 4.43. The topological polar surface area (TPSA) is 67.2 Å². The molecule has 0 saturated heterocycles. The van der Waals surface area contributed by atoms with E-state index in [0.29, 0.717) is 0 Å². The zero-order valence-corrected chi connectivity index (χ0v) is 11.6. The molecular weight excluding hydrogens is 238 g/mol. The van der Waals surface area contributed by atoms with E-state index in [9.17, 15) is 4.79 Å². The minimum atomic E-state index is -0.137. The fourth-order valence-electron chi connectivity index (χ4n) is 2.17. The van der Waals surface area contributed by atoms with Crippen molar-refractivity contribution in [1.29, 1.82) is 0 Å². The first-order valence-electron chi connectivity index (χ1n) is 6.97. The Bertz CT molecular complexity index is 424. The van der Waals surface area contributed by atoms with Crippen LogP contribution in [0.25, 0.3) is 0 Å². The van der Waals surface area contributed by atoms with E-state index in [1.807, 2.05) is 31.2 Å². The van der Waals surface area contributed by atoms with Crippen molar-refractivity contribution in [3.05, 3.63) is 29.8 Å². The van der Waals surface area contributed by atoms with Gasteiger partial charge >= 0.3 is 6.03 Å². The average molecular weight is 261 g/mol. The third-order valence-corrected chi connectivity index (χ3v) is 3.46. The predicted molar refractivity (Wildman–Crippen MR) is 78.0 cm³/mol. The van der Waals surface area contributed by atoms with Crippen LogP contribution in [0.5, 0.6) is 0 Å². The van der Waals surface area contributed by atoms with Gasteiger partial charge in [0, 0.05) is 17.8 Å². The first-order valence-corrected chi connectivity index (χ1v) is 6.97. The van der Waals surface area contributed by atoms with E-state index in [2.05, 4.69) is 17.6 Å². The predicted octanol–water partition coefficient (Wildman–Crippen LogP) is 3.02. The van der Waals surface area contributed by atoms with Crippen molar-refractivity contribution in [2.75, 3.05) is 5.32 Å². The number of anilines is 1. The molecule has 1 saturated carbocycles. The number of carbonyl (C=O) groups is 1. The zero-order chi connectivity index (χ0) is 13.8. The summed E-state index contributed by atoms with van der Waals surface area (Å²) in [5.74, 6) is 0.820. The van der Waals surface area contributed by atoms with Crippen LogP contribution in [0.3, 0.4) is 0 Å². The van der Waals surface area contributed by atoms with Crippen LogP contribution in [-0.2, 0) is 0 Å². The number of nitrogens with one attached hydrogen (secondary N) is 2. The molecule has 0 aliphatic heterocycles. The van der Waals surface area contributed by atoms with Crippen LogP contribution in [-0.4, -0.2) is 12.1 Å². The molecule has 0 radical (unpaired) electrons. The monoisotopic (exact) mass is 261 g/mol. The van der Waals surface area contributed by atoms with Gasteiger partial charge < -0.3 is 16.4 Å². The van der Waals surface area contributed by atoms with Gasteiger partial charge in [-0.25, -0.2) is 4.79 Å². The van der Waals surface area contributed by atoms with Gasteiger partial charge in [-0.15, -0.1) is 0 Å². The lowest BCUT2D eigenvalue weighted by molar-refractivity contribution is 0.248. The molecule has 1 aliphatic rings. The summed E-state index contributed by atoms with van der Waals surface area (Å²) in [5, 5.41) is 5.80. The molecule has 0 aromatic heterocycles. The third kappa shape index (κ3) is 4.56. The van der Waals surface area contributed by atoms with Gasteiger partial charge in [0.15, 0.2) is 0 Å². The molecule has 4 nitrogen and oxygen atoms in total. The highest BCUT2D eigenvalue weighted by atomic mass is 16.2. The summed E-state index contributed by atoms with van der Waals surface area (Å²) in [7, 11) is 0. The number of hydrogen-bond acceptors (Lipinski definition) is 2. The Morgan fingerprint density at radius 2 is 1.95 bits per heavy atom. The zero-order valence-electron chi connectivity index (χ0n) is 11.6. The highest BCUT2D eigenvalue weighted by Crippen LogP contribution is 2.33. The number of benzene rings is 1. The number of amides is 2. The van der Waals surface area contributed by atoms with Crippen LogP contribution < -0.4 is 16.4 Å². The van der Waals surface area contributed by atoms with E-state index in [1.165, 1.54) is 12.8 Å². The van der Waals surface area contributed by atoms with Crippen molar-refractivity contribution in [3.8, 4) is 0 Å². The molecule has 2 atom stereocenters. The van der Waals surface area contributed by atoms with Gasteiger partial charge in [0.2, 0.25) is 0 Å². The highest BCUT2D eigenvalue weighted by molar-refractivity contribution is 5.89. The molecule has 104 valence electrons. The highest BCUT2D eigenvalue weighted by Gasteiger charge is 2.24. The molecule has 1 aliphatic carbocycles. The Labute approximate surface area is 114 Å². The number of carbonyl (C=O) groups excluding carboxylic acids is 1. The van der Waals surface area contributed by atoms with Crippen molar-refractivity contribution in [2.45, 2.75) is 45.2 Å². The van der Waals surface area contributed by atoms with Crippen LogP contribution >= 0.6 is 0 Å². The molecule has 4 N–H and O–H groups in total. The molecule has 2 unspecified atom stereocenters. The Hall–Kier alpha value is -1.55. The summed E-state index contributed by atoms with van der Waals surface area (Å²) in [6.45, 7) is 3.99. The Balaban J connectivity index is 1.80. The van der Waals surface area contributed by atoms with Gasteiger partial charge in [-0.2, -0.15) is 0 Å². The van der Waals surface area contributed by atoms with Crippen molar-refractivity contribution in [3.63, 3.8) is 0 Å². The standard InChI is InChI=1S/C15H23N3O/c1-10(9-12-3-4-12)17-15(19)18-14-7-5-13(6-8-14)11(2)16/h5-8,10-12H,3-4,9,16H2,1-2H3,(H2,17,18,19). The van der Waals surface area contributed by atoms with Crippen molar-refractivity contribution in [2.24, 2.45) is 11.7 Å². The van der Waals surface area contributed by atoms with Crippen LogP contribution in [0.15, 0.2) is 24.3 Å². The van der Waals surface area contributed by atoms with E-state index >= 15 is 0 Å². The largest absolute Gasteiger partial charge is 0.335 e. The molecule has 0 bridgehead atoms. The number of hydrogen-bond donors (Lipinski definition) is 3. The molecular formula is C15H23N3O. The van der Waals surface area contributed by atoms with E-state index in [4.69, 9.17) is 5.73 Å². The summed E-state index contributed by atoms with van der Waals surface area (Å²) in [6, 6.07) is 7.74.